The molecule has 2 atom stereocenters. The zero-order valence-corrected chi connectivity index (χ0v) is 8.49. The molecule has 5 heteroatoms. The molecule has 2 unspecified atom stereocenters. The highest BCUT2D eigenvalue weighted by molar-refractivity contribution is 5.77. The van der Waals surface area contributed by atoms with E-state index in [0.717, 1.165) is 0 Å². The van der Waals surface area contributed by atoms with Gasteiger partial charge in [0.1, 0.15) is 6.04 Å². The van der Waals surface area contributed by atoms with Crippen LogP contribution in [0.15, 0.2) is 0 Å². The maximum Gasteiger partial charge on any atom is 0.320 e. The average Bonchev–Trinajstić information content (AvgIpc) is 2.46. The van der Waals surface area contributed by atoms with E-state index in [1.54, 1.807) is 18.9 Å². The summed E-state index contributed by atoms with van der Waals surface area (Å²) in [7, 11) is 1.76. The van der Waals surface area contributed by atoms with Crippen LogP contribution in [0, 0.1) is 0 Å². The van der Waals surface area contributed by atoms with Crippen molar-refractivity contribution in [2.24, 2.45) is 0 Å². The molecule has 0 saturated carbocycles. The zero-order valence-electron chi connectivity index (χ0n) is 8.49. The molecule has 80 valence electrons. The molecule has 1 aliphatic rings. The Morgan fingerprint density at radius 2 is 2.21 bits per heavy atom. The molecule has 0 aromatic carbocycles. The van der Waals surface area contributed by atoms with Gasteiger partial charge in [-0.2, -0.15) is 0 Å². The van der Waals surface area contributed by atoms with E-state index in [9.17, 15) is 9.59 Å². The van der Waals surface area contributed by atoms with Gasteiger partial charge < -0.3 is 10.4 Å². The Hall–Kier alpha value is -1.10. The van der Waals surface area contributed by atoms with Crippen molar-refractivity contribution in [1.82, 2.24) is 10.2 Å². The van der Waals surface area contributed by atoms with Crippen LogP contribution in [0.2, 0.25) is 0 Å². The monoisotopic (exact) mass is 200 g/mol. The van der Waals surface area contributed by atoms with Gasteiger partial charge in [0.15, 0.2) is 0 Å². The number of carboxylic acid groups (broad SMARTS) is 1. The summed E-state index contributed by atoms with van der Waals surface area (Å²) < 4.78 is 0. The molecule has 0 aliphatic carbocycles. The highest BCUT2D eigenvalue weighted by Crippen LogP contribution is 2.15. The smallest absolute Gasteiger partial charge is 0.320 e. The predicted octanol–water partition coefficient (Wildman–Crippen LogP) is -0.330. The van der Waals surface area contributed by atoms with Crippen molar-refractivity contribution in [2.45, 2.75) is 31.8 Å². The van der Waals surface area contributed by atoms with Gasteiger partial charge in [0, 0.05) is 19.0 Å². The van der Waals surface area contributed by atoms with Gasteiger partial charge in [0.25, 0.3) is 0 Å². The van der Waals surface area contributed by atoms with Crippen LogP contribution in [0.3, 0.4) is 0 Å². The van der Waals surface area contributed by atoms with Crippen LogP contribution in [-0.4, -0.2) is 47.6 Å². The number of aliphatic carboxylic acids is 1. The van der Waals surface area contributed by atoms with E-state index in [2.05, 4.69) is 5.32 Å². The molecule has 0 aromatic heterocycles. The summed E-state index contributed by atoms with van der Waals surface area (Å²) in [6, 6.07) is -0.481. The molecular weight excluding hydrogens is 184 g/mol. The number of likely N-dealkylation sites (N-methyl/N-ethyl adjacent to an activating group) is 1. The Balaban J connectivity index is 2.46. The van der Waals surface area contributed by atoms with E-state index in [0.29, 0.717) is 19.4 Å². The van der Waals surface area contributed by atoms with Gasteiger partial charge in [-0.1, -0.05) is 6.92 Å². The molecule has 1 aliphatic heterocycles. The maximum absolute atomic E-state index is 11.1. The van der Waals surface area contributed by atoms with Crippen molar-refractivity contribution in [3.05, 3.63) is 0 Å². The van der Waals surface area contributed by atoms with Gasteiger partial charge in [-0.25, -0.2) is 0 Å². The minimum absolute atomic E-state index is 0.0190. The largest absolute Gasteiger partial charge is 0.480 e. The third-order valence-corrected chi connectivity index (χ3v) is 2.52. The van der Waals surface area contributed by atoms with Crippen LogP contribution in [-0.2, 0) is 9.59 Å². The summed E-state index contributed by atoms with van der Waals surface area (Å²) in [4.78, 5) is 23.6. The van der Waals surface area contributed by atoms with Gasteiger partial charge in [-0.15, -0.1) is 0 Å². The van der Waals surface area contributed by atoms with E-state index in [1.807, 2.05) is 0 Å². The summed E-state index contributed by atoms with van der Waals surface area (Å²) >= 11 is 0. The van der Waals surface area contributed by atoms with Gasteiger partial charge in [0.2, 0.25) is 5.91 Å². The number of likely N-dealkylation sites (tertiary alicyclic amines) is 1. The fourth-order valence-electron chi connectivity index (χ4n) is 1.72. The molecule has 1 rings (SSSR count). The van der Waals surface area contributed by atoms with Gasteiger partial charge in [0.05, 0.1) is 0 Å². The van der Waals surface area contributed by atoms with E-state index >= 15 is 0 Å². The predicted molar refractivity (Wildman–Crippen MR) is 50.9 cm³/mol. The number of amides is 1. The van der Waals surface area contributed by atoms with Gasteiger partial charge in [-0.05, 0) is 13.5 Å². The van der Waals surface area contributed by atoms with Crippen molar-refractivity contribution in [3.63, 3.8) is 0 Å². The van der Waals surface area contributed by atoms with Crippen LogP contribution >= 0.6 is 0 Å². The molecule has 1 saturated heterocycles. The first-order chi connectivity index (χ1) is 6.54. The Bertz CT molecular complexity index is 242. The van der Waals surface area contributed by atoms with Crippen LogP contribution in [0.5, 0.6) is 0 Å². The number of nitrogens with one attached hydrogen (secondary N) is 1. The topological polar surface area (TPSA) is 69.6 Å². The van der Waals surface area contributed by atoms with Crippen molar-refractivity contribution in [3.8, 4) is 0 Å². The lowest BCUT2D eigenvalue weighted by Crippen LogP contribution is -2.35. The van der Waals surface area contributed by atoms with E-state index in [4.69, 9.17) is 5.11 Å². The van der Waals surface area contributed by atoms with E-state index < -0.39 is 12.0 Å². The van der Waals surface area contributed by atoms with Crippen molar-refractivity contribution >= 4 is 11.9 Å². The highest BCUT2D eigenvalue weighted by Gasteiger charge is 2.34. The molecular formula is C9H16N2O3. The first-order valence-electron chi connectivity index (χ1n) is 4.77. The third-order valence-electron chi connectivity index (χ3n) is 2.52. The van der Waals surface area contributed by atoms with E-state index in [1.165, 1.54) is 0 Å². The summed E-state index contributed by atoms with van der Waals surface area (Å²) in [5, 5.41) is 11.6. The Morgan fingerprint density at radius 3 is 2.64 bits per heavy atom. The van der Waals surface area contributed by atoms with Crippen LogP contribution in [0.4, 0.5) is 0 Å². The second kappa shape index (κ2) is 4.41. The quantitative estimate of drug-likeness (QED) is 0.654. The molecule has 5 nitrogen and oxygen atoms in total. The lowest BCUT2D eigenvalue weighted by Gasteiger charge is -2.13. The molecule has 0 radical (unpaired) electrons. The molecule has 14 heavy (non-hydrogen) atoms. The lowest BCUT2D eigenvalue weighted by atomic mass is 10.1. The lowest BCUT2D eigenvalue weighted by molar-refractivity contribution is -0.141. The van der Waals surface area contributed by atoms with Gasteiger partial charge >= 0.3 is 5.97 Å². The van der Waals surface area contributed by atoms with Crippen LogP contribution < -0.4 is 5.32 Å². The summed E-state index contributed by atoms with van der Waals surface area (Å²) in [6.45, 7) is 2.39. The zero-order chi connectivity index (χ0) is 10.7. The minimum Gasteiger partial charge on any atom is -0.480 e. The Kier molecular flexibility index (Phi) is 3.46. The SMILES string of the molecule is CCC(=O)NC1CC(C(=O)O)N(C)C1. The number of carboxylic acids is 1. The summed E-state index contributed by atoms with van der Waals surface area (Å²) in [5.74, 6) is -0.838. The molecule has 0 aromatic rings. The molecule has 0 spiro atoms. The number of hydrogen-bond donors (Lipinski definition) is 2. The fourth-order valence-corrected chi connectivity index (χ4v) is 1.72. The fraction of sp³-hybridized carbons (Fsp3) is 0.778. The van der Waals surface area contributed by atoms with E-state index in [-0.39, 0.29) is 11.9 Å². The minimum atomic E-state index is -0.819. The number of nitrogens with zero attached hydrogens (tertiary/aromatic N) is 1. The normalized spacial score (nSPS) is 27.6. The maximum atomic E-state index is 11.1. The number of hydrogen-bond acceptors (Lipinski definition) is 3. The number of carbonyl (C=O) groups excluding carboxylic acids is 1. The third kappa shape index (κ3) is 2.45. The Morgan fingerprint density at radius 1 is 1.57 bits per heavy atom. The number of rotatable bonds is 3. The average molecular weight is 200 g/mol. The molecule has 1 fully saturated rings. The van der Waals surface area contributed by atoms with Crippen molar-refractivity contribution in [2.75, 3.05) is 13.6 Å². The second-order valence-electron chi connectivity index (χ2n) is 3.65. The first-order valence-corrected chi connectivity index (χ1v) is 4.77. The van der Waals surface area contributed by atoms with Crippen LogP contribution in [0.1, 0.15) is 19.8 Å². The van der Waals surface area contributed by atoms with Crippen molar-refractivity contribution < 1.29 is 14.7 Å². The van der Waals surface area contributed by atoms with Crippen LogP contribution in [0.25, 0.3) is 0 Å². The second-order valence-corrected chi connectivity index (χ2v) is 3.65. The molecule has 2 N–H and O–H groups in total. The van der Waals surface area contributed by atoms with Crippen molar-refractivity contribution in [1.29, 1.82) is 0 Å². The molecule has 1 amide bonds. The first kappa shape index (κ1) is 11.0. The number of carbonyl (C=O) groups is 2. The molecule has 0 bridgehead atoms. The standard InChI is InChI=1S/C9H16N2O3/c1-3-8(12)10-6-4-7(9(13)14)11(2)5-6/h6-7H,3-5H2,1-2H3,(H,10,12)(H,13,14). The highest BCUT2D eigenvalue weighted by atomic mass is 16.4. The summed E-state index contributed by atoms with van der Waals surface area (Å²) in [5.41, 5.74) is 0. The Labute approximate surface area is 83.1 Å². The molecule has 1 heterocycles. The van der Waals surface area contributed by atoms with Gasteiger partial charge in [-0.3, -0.25) is 14.5 Å². The summed E-state index contributed by atoms with van der Waals surface area (Å²) in [6.07, 6.45) is 0.940.